The first-order chi connectivity index (χ1) is 7.04. The minimum absolute atomic E-state index is 0.0546. The summed E-state index contributed by atoms with van der Waals surface area (Å²) in [6, 6.07) is 6.05. The zero-order valence-electron chi connectivity index (χ0n) is 9.46. The van der Waals surface area contributed by atoms with Gasteiger partial charge in [-0.2, -0.15) is 0 Å². The maximum atomic E-state index is 5.80. The van der Waals surface area contributed by atoms with Gasteiger partial charge in [0.1, 0.15) is 5.75 Å². The number of hydrogen-bond acceptors (Lipinski definition) is 2. The van der Waals surface area contributed by atoms with Crippen LogP contribution in [0.3, 0.4) is 0 Å². The number of halogens is 1. The molecule has 15 heavy (non-hydrogen) atoms. The van der Waals surface area contributed by atoms with Crippen molar-refractivity contribution in [2.45, 2.75) is 39.3 Å². The van der Waals surface area contributed by atoms with Gasteiger partial charge in [0.25, 0.3) is 0 Å². The van der Waals surface area contributed by atoms with Crippen LogP contribution in [0.4, 0.5) is 0 Å². The smallest absolute Gasteiger partial charge is 0.133 e. The summed E-state index contributed by atoms with van der Waals surface area (Å²) < 4.78 is 6.71. The highest BCUT2D eigenvalue weighted by Gasteiger charge is 2.07. The molecule has 0 radical (unpaired) electrons. The molecule has 2 nitrogen and oxygen atoms in total. The Bertz CT molecular complexity index is 325. The van der Waals surface area contributed by atoms with Crippen molar-refractivity contribution >= 4 is 15.9 Å². The van der Waals surface area contributed by atoms with E-state index in [1.807, 2.05) is 25.1 Å². The lowest BCUT2D eigenvalue weighted by molar-refractivity contribution is 0.216. The molecule has 1 unspecified atom stereocenters. The Morgan fingerprint density at radius 2 is 2.07 bits per heavy atom. The largest absolute Gasteiger partial charge is 0.490 e. The zero-order valence-corrected chi connectivity index (χ0v) is 11.0. The molecular weight excluding hydrogens is 254 g/mol. The van der Waals surface area contributed by atoms with Crippen LogP contribution in [-0.4, -0.2) is 6.10 Å². The van der Waals surface area contributed by atoms with E-state index in [1.165, 1.54) is 0 Å². The van der Waals surface area contributed by atoms with Crippen LogP contribution in [0, 0.1) is 0 Å². The molecule has 1 aromatic rings. The van der Waals surface area contributed by atoms with Crippen molar-refractivity contribution < 1.29 is 4.74 Å². The van der Waals surface area contributed by atoms with Gasteiger partial charge in [0.15, 0.2) is 0 Å². The molecule has 0 saturated carbocycles. The second kappa shape index (κ2) is 5.52. The van der Waals surface area contributed by atoms with Gasteiger partial charge in [-0.3, -0.25) is 0 Å². The van der Waals surface area contributed by atoms with Crippen LogP contribution in [0.2, 0.25) is 0 Å². The number of nitrogens with two attached hydrogens (primary N) is 1. The van der Waals surface area contributed by atoms with Gasteiger partial charge >= 0.3 is 0 Å². The zero-order chi connectivity index (χ0) is 11.4. The first kappa shape index (κ1) is 12.5. The van der Waals surface area contributed by atoms with E-state index in [0.29, 0.717) is 0 Å². The first-order valence-electron chi connectivity index (χ1n) is 5.26. The third kappa shape index (κ3) is 3.50. The Morgan fingerprint density at radius 1 is 1.40 bits per heavy atom. The van der Waals surface area contributed by atoms with Crippen LogP contribution >= 0.6 is 15.9 Å². The molecule has 84 valence electrons. The third-order valence-electron chi connectivity index (χ3n) is 2.38. The molecule has 0 heterocycles. The van der Waals surface area contributed by atoms with Gasteiger partial charge < -0.3 is 10.5 Å². The minimum Gasteiger partial charge on any atom is -0.490 e. The highest BCUT2D eigenvalue weighted by molar-refractivity contribution is 9.10. The fourth-order valence-corrected chi connectivity index (χ4v) is 1.69. The molecule has 0 aliphatic heterocycles. The van der Waals surface area contributed by atoms with Crippen molar-refractivity contribution in [3.8, 4) is 5.75 Å². The summed E-state index contributed by atoms with van der Waals surface area (Å²) in [5.74, 6) is 0.883. The summed E-state index contributed by atoms with van der Waals surface area (Å²) in [6.45, 7) is 6.14. The van der Waals surface area contributed by atoms with E-state index in [9.17, 15) is 0 Å². The predicted molar refractivity (Wildman–Crippen MR) is 67.1 cm³/mol. The Balaban J connectivity index is 2.83. The summed E-state index contributed by atoms with van der Waals surface area (Å²) in [7, 11) is 0. The molecule has 2 atom stereocenters. The summed E-state index contributed by atoms with van der Waals surface area (Å²) >= 11 is 3.49. The van der Waals surface area contributed by atoms with E-state index < -0.39 is 0 Å². The van der Waals surface area contributed by atoms with E-state index in [1.54, 1.807) is 0 Å². The molecule has 0 fully saturated rings. The fourth-order valence-electron chi connectivity index (χ4n) is 1.20. The van der Waals surface area contributed by atoms with Crippen LogP contribution in [0.1, 0.15) is 38.8 Å². The second-order valence-corrected chi connectivity index (χ2v) is 4.67. The summed E-state index contributed by atoms with van der Waals surface area (Å²) in [4.78, 5) is 0. The highest BCUT2D eigenvalue weighted by Crippen LogP contribution is 2.28. The van der Waals surface area contributed by atoms with Crippen molar-refractivity contribution in [3.05, 3.63) is 28.2 Å². The van der Waals surface area contributed by atoms with Crippen LogP contribution in [0.15, 0.2) is 22.7 Å². The van der Waals surface area contributed by atoms with E-state index in [-0.39, 0.29) is 12.1 Å². The molecular formula is C12H18BrNO. The van der Waals surface area contributed by atoms with Gasteiger partial charge in [-0.15, -0.1) is 0 Å². The number of hydrogen-bond donors (Lipinski definition) is 1. The molecule has 0 bridgehead atoms. The van der Waals surface area contributed by atoms with Gasteiger partial charge in [-0.05, 0) is 53.9 Å². The Kier molecular flexibility index (Phi) is 4.61. The molecule has 3 heteroatoms. The second-order valence-electron chi connectivity index (χ2n) is 3.82. The van der Waals surface area contributed by atoms with E-state index >= 15 is 0 Å². The molecule has 0 aliphatic rings. The van der Waals surface area contributed by atoms with Gasteiger partial charge in [-0.1, -0.05) is 13.0 Å². The number of benzene rings is 1. The molecule has 1 rings (SSSR count). The summed E-state index contributed by atoms with van der Waals surface area (Å²) in [6.07, 6.45) is 1.24. The fraction of sp³-hybridized carbons (Fsp3) is 0.500. The van der Waals surface area contributed by atoms with Crippen molar-refractivity contribution in [2.75, 3.05) is 0 Å². The van der Waals surface area contributed by atoms with Crippen molar-refractivity contribution in [1.82, 2.24) is 0 Å². The lowest BCUT2D eigenvalue weighted by Crippen LogP contribution is -2.10. The van der Waals surface area contributed by atoms with Crippen LogP contribution in [0.25, 0.3) is 0 Å². The van der Waals surface area contributed by atoms with Crippen LogP contribution < -0.4 is 10.5 Å². The molecule has 0 spiro atoms. The molecule has 0 aromatic heterocycles. The summed E-state index contributed by atoms with van der Waals surface area (Å²) in [5.41, 5.74) is 6.91. The van der Waals surface area contributed by atoms with Crippen molar-refractivity contribution in [2.24, 2.45) is 5.73 Å². The third-order valence-corrected chi connectivity index (χ3v) is 3.00. The van der Waals surface area contributed by atoms with E-state index in [2.05, 4.69) is 29.8 Å². The van der Waals surface area contributed by atoms with Gasteiger partial charge in [0.05, 0.1) is 10.6 Å². The normalized spacial score (nSPS) is 14.7. The van der Waals surface area contributed by atoms with Crippen molar-refractivity contribution in [3.63, 3.8) is 0 Å². The maximum Gasteiger partial charge on any atom is 0.133 e. The van der Waals surface area contributed by atoms with E-state index in [0.717, 1.165) is 22.2 Å². The van der Waals surface area contributed by atoms with Gasteiger partial charge in [-0.25, -0.2) is 0 Å². The van der Waals surface area contributed by atoms with Gasteiger partial charge in [0.2, 0.25) is 0 Å². The monoisotopic (exact) mass is 271 g/mol. The molecule has 0 amide bonds. The molecule has 0 aliphatic carbocycles. The average Bonchev–Trinajstić information content (AvgIpc) is 2.20. The van der Waals surface area contributed by atoms with Crippen LogP contribution in [-0.2, 0) is 0 Å². The Labute approximate surface area is 99.9 Å². The Hall–Kier alpha value is -0.540. The topological polar surface area (TPSA) is 35.2 Å². The van der Waals surface area contributed by atoms with E-state index in [4.69, 9.17) is 10.5 Å². The maximum absolute atomic E-state index is 5.80. The number of rotatable bonds is 4. The van der Waals surface area contributed by atoms with Crippen LogP contribution in [0.5, 0.6) is 5.75 Å². The summed E-state index contributed by atoms with van der Waals surface area (Å²) in [5, 5.41) is 0. The first-order valence-corrected chi connectivity index (χ1v) is 6.05. The quantitative estimate of drug-likeness (QED) is 0.908. The molecule has 1 aromatic carbocycles. The molecule has 0 saturated heterocycles. The van der Waals surface area contributed by atoms with Crippen molar-refractivity contribution in [1.29, 1.82) is 0 Å². The average molecular weight is 272 g/mol. The SMILES string of the molecule is CCC(C)Oc1ccc([C@H](C)N)cc1Br. The van der Waals surface area contributed by atoms with Gasteiger partial charge in [0, 0.05) is 6.04 Å². The lowest BCUT2D eigenvalue weighted by atomic mass is 10.1. The lowest BCUT2D eigenvalue weighted by Gasteiger charge is -2.15. The highest BCUT2D eigenvalue weighted by atomic mass is 79.9. The minimum atomic E-state index is 0.0546. The predicted octanol–water partition coefficient (Wildman–Crippen LogP) is 3.65. The standard InChI is InChI=1S/C12H18BrNO/c1-4-8(2)15-12-6-5-10(9(3)14)7-11(12)13/h5-9H,4,14H2,1-3H3/t8?,9-/m0/s1. The Morgan fingerprint density at radius 3 is 2.53 bits per heavy atom. The molecule has 2 N–H and O–H groups in total. The number of ether oxygens (including phenoxy) is 1.